The fourth-order valence-electron chi connectivity index (χ4n) is 2.01. The zero-order valence-corrected chi connectivity index (χ0v) is 13.9. The highest BCUT2D eigenvalue weighted by Gasteiger charge is 2.09. The third kappa shape index (κ3) is 3.98. The molecular weight excluding hydrogens is 347 g/mol. The van der Waals surface area contributed by atoms with E-state index in [0.29, 0.717) is 33.1 Å². The molecule has 0 aliphatic carbocycles. The number of hydrogen-bond acceptors (Lipinski definition) is 6. The van der Waals surface area contributed by atoms with Gasteiger partial charge in [-0.1, -0.05) is 41.4 Å². The molecule has 5 N–H and O–H groups in total. The number of rotatable bonds is 5. The summed E-state index contributed by atoms with van der Waals surface area (Å²) in [4.78, 5) is 8.28. The topological polar surface area (TPSA) is 87.9 Å². The molecule has 0 atom stereocenters. The maximum absolute atomic E-state index is 6.12. The van der Waals surface area contributed by atoms with Gasteiger partial charge in [0.2, 0.25) is 0 Å². The highest BCUT2D eigenvalue weighted by molar-refractivity contribution is 6.35. The second kappa shape index (κ2) is 7.25. The quantitative estimate of drug-likeness (QED) is 0.499. The first kappa shape index (κ1) is 16.2. The Morgan fingerprint density at radius 1 is 0.792 bits per heavy atom. The number of hydrogen-bond donors (Lipinski definition) is 4. The first-order chi connectivity index (χ1) is 11.6. The second-order valence-corrected chi connectivity index (χ2v) is 5.76. The Morgan fingerprint density at radius 3 is 2.17 bits per heavy atom. The Morgan fingerprint density at radius 2 is 1.46 bits per heavy atom. The van der Waals surface area contributed by atoms with Crippen molar-refractivity contribution in [3.63, 3.8) is 0 Å². The van der Waals surface area contributed by atoms with Gasteiger partial charge in [-0.15, -0.1) is 0 Å². The summed E-state index contributed by atoms with van der Waals surface area (Å²) >= 11 is 12.0. The van der Waals surface area contributed by atoms with E-state index in [0.717, 1.165) is 5.69 Å². The van der Waals surface area contributed by atoms with Gasteiger partial charge >= 0.3 is 0 Å². The van der Waals surface area contributed by atoms with Gasteiger partial charge in [0.25, 0.3) is 0 Å². The maximum atomic E-state index is 6.12. The predicted octanol–water partition coefficient (Wildman–Crippen LogP) is 4.55. The third-order valence-electron chi connectivity index (χ3n) is 3.11. The smallest absolute Gasteiger partial charge is 0.173 e. The van der Waals surface area contributed by atoms with Gasteiger partial charge in [-0.05, 0) is 30.3 Å². The summed E-state index contributed by atoms with van der Waals surface area (Å²) in [6, 6.07) is 14.7. The normalized spacial score (nSPS) is 10.2. The SMILES string of the molecule is Nc1c(NNc2ccccc2)ncnc1Nc1cc(Cl)cc(Cl)c1. The van der Waals surface area contributed by atoms with Gasteiger partial charge in [-0.3, -0.25) is 10.9 Å². The number of nitrogens with zero attached hydrogens (tertiary/aromatic N) is 2. The van der Waals surface area contributed by atoms with Gasteiger partial charge in [-0.25, -0.2) is 9.97 Å². The summed E-state index contributed by atoms with van der Waals surface area (Å²) < 4.78 is 0. The van der Waals surface area contributed by atoms with Crippen molar-refractivity contribution in [1.82, 2.24) is 9.97 Å². The lowest BCUT2D eigenvalue weighted by atomic mass is 10.3. The van der Waals surface area contributed by atoms with Crippen LogP contribution in [0, 0.1) is 0 Å². The summed E-state index contributed by atoms with van der Waals surface area (Å²) in [5, 5.41) is 4.11. The van der Waals surface area contributed by atoms with Crippen LogP contribution in [0.3, 0.4) is 0 Å². The summed E-state index contributed by atoms with van der Waals surface area (Å²) in [5.74, 6) is 0.894. The van der Waals surface area contributed by atoms with Gasteiger partial charge in [0.1, 0.15) is 12.0 Å². The number of anilines is 5. The zero-order chi connectivity index (χ0) is 16.9. The van der Waals surface area contributed by atoms with E-state index in [1.807, 2.05) is 30.3 Å². The van der Waals surface area contributed by atoms with Crippen molar-refractivity contribution in [1.29, 1.82) is 0 Å². The van der Waals surface area contributed by atoms with E-state index in [1.165, 1.54) is 6.33 Å². The fraction of sp³-hybridized carbons (Fsp3) is 0. The van der Waals surface area contributed by atoms with E-state index in [1.54, 1.807) is 18.2 Å². The average Bonchev–Trinajstić information content (AvgIpc) is 2.56. The van der Waals surface area contributed by atoms with Gasteiger partial charge in [0.15, 0.2) is 11.6 Å². The van der Waals surface area contributed by atoms with E-state index < -0.39 is 0 Å². The lowest BCUT2D eigenvalue weighted by molar-refractivity contribution is 1.16. The van der Waals surface area contributed by atoms with Crippen molar-refractivity contribution >= 4 is 51.9 Å². The molecule has 0 unspecified atom stereocenters. The highest BCUT2D eigenvalue weighted by atomic mass is 35.5. The van der Waals surface area contributed by atoms with Crippen molar-refractivity contribution in [2.45, 2.75) is 0 Å². The van der Waals surface area contributed by atoms with Crippen LogP contribution in [0.5, 0.6) is 0 Å². The second-order valence-electron chi connectivity index (χ2n) is 4.88. The molecule has 0 saturated heterocycles. The number of nitrogens with two attached hydrogens (primary N) is 1. The van der Waals surface area contributed by atoms with Gasteiger partial charge in [-0.2, -0.15) is 0 Å². The first-order valence-corrected chi connectivity index (χ1v) is 7.78. The minimum Gasteiger partial charge on any atom is -0.393 e. The standard InChI is InChI=1S/C16H14Cl2N6/c17-10-6-11(18)8-13(7-10)22-15-14(19)16(21-9-20-15)24-23-12-4-2-1-3-5-12/h1-9,23H,19H2,(H2,20,21,22,24). The lowest BCUT2D eigenvalue weighted by Gasteiger charge is -2.14. The van der Waals surface area contributed by atoms with Crippen LogP contribution < -0.4 is 21.9 Å². The predicted molar refractivity (Wildman–Crippen MR) is 99.9 cm³/mol. The number of para-hydroxylation sites is 1. The largest absolute Gasteiger partial charge is 0.393 e. The van der Waals surface area contributed by atoms with E-state index in [-0.39, 0.29) is 0 Å². The molecule has 8 heteroatoms. The van der Waals surface area contributed by atoms with Crippen LogP contribution in [-0.2, 0) is 0 Å². The molecule has 122 valence electrons. The molecule has 0 amide bonds. The van der Waals surface area contributed by atoms with Gasteiger partial charge < -0.3 is 11.1 Å². The molecule has 24 heavy (non-hydrogen) atoms. The number of halogens is 2. The molecule has 0 spiro atoms. The summed E-state index contributed by atoms with van der Waals surface area (Å²) in [7, 11) is 0. The molecule has 0 fully saturated rings. The Balaban J connectivity index is 1.77. The summed E-state index contributed by atoms with van der Waals surface area (Å²) in [6.45, 7) is 0. The molecule has 6 nitrogen and oxygen atoms in total. The molecule has 1 aromatic heterocycles. The van der Waals surface area contributed by atoms with Crippen molar-refractivity contribution in [3.05, 3.63) is 64.9 Å². The molecule has 3 aromatic rings. The Bertz CT molecular complexity index is 821. The molecule has 0 saturated carbocycles. The highest BCUT2D eigenvalue weighted by Crippen LogP contribution is 2.29. The number of nitrogen functional groups attached to an aromatic ring is 1. The minimum absolute atomic E-state index is 0.358. The van der Waals surface area contributed by atoms with Crippen LogP contribution in [0.4, 0.5) is 28.7 Å². The Kier molecular flexibility index (Phi) is 4.88. The number of aromatic nitrogens is 2. The van der Waals surface area contributed by atoms with Gasteiger partial charge in [0.05, 0.1) is 5.69 Å². The van der Waals surface area contributed by atoms with Crippen molar-refractivity contribution in [3.8, 4) is 0 Å². The monoisotopic (exact) mass is 360 g/mol. The van der Waals surface area contributed by atoms with E-state index >= 15 is 0 Å². The van der Waals surface area contributed by atoms with E-state index in [4.69, 9.17) is 28.9 Å². The third-order valence-corrected chi connectivity index (χ3v) is 3.54. The number of hydrazine groups is 1. The molecular formula is C16H14Cl2N6. The molecule has 3 rings (SSSR count). The van der Waals surface area contributed by atoms with E-state index in [2.05, 4.69) is 26.1 Å². The molecule has 0 aliphatic rings. The molecule has 0 bridgehead atoms. The van der Waals surface area contributed by atoms with Crippen LogP contribution in [0.25, 0.3) is 0 Å². The number of benzene rings is 2. The lowest BCUT2D eigenvalue weighted by Crippen LogP contribution is -2.13. The molecule has 0 aliphatic heterocycles. The van der Waals surface area contributed by atoms with Gasteiger partial charge in [0, 0.05) is 15.7 Å². The van der Waals surface area contributed by atoms with Crippen molar-refractivity contribution in [2.75, 3.05) is 21.9 Å². The Labute approximate surface area is 149 Å². The van der Waals surface area contributed by atoms with Crippen LogP contribution in [0.1, 0.15) is 0 Å². The van der Waals surface area contributed by atoms with Crippen molar-refractivity contribution < 1.29 is 0 Å². The van der Waals surface area contributed by atoms with Crippen LogP contribution >= 0.6 is 23.2 Å². The van der Waals surface area contributed by atoms with Crippen LogP contribution in [0.2, 0.25) is 10.0 Å². The van der Waals surface area contributed by atoms with Crippen molar-refractivity contribution in [2.24, 2.45) is 0 Å². The molecule has 1 heterocycles. The Hall–Kier alpha value is -2.70. The van der Waals surface area contributed by atoms with Crippen LogP contribution in [0.15, 0.2) is 54.9 Å². The van der Waals surface area contributed by atoms with E-state index in [9.17, 15) is 0 Å². The average molecular weight is 361 g/mol. The maximum Gasteiger partial charge on any atom is 0.173 e. The minimum atomic E-state index is 0.358. The number of nitrogens with one attached hydrogen (secondary N) is 3. The zero-order valence-electron chi connectivity index (χ0n) is 12.4. The summed E-state index contributed by atoms with van der Waals surface area (Å²) in [5.41, 5.74) is 14.0. The fourth-order valence-corrected chi connectivity index (χ4v) is 2.54. The summed E-state index contributed by atoms with van der Waals surface area (Å²) in [6.07, 6.45) is 1.40. The van der Waals surface area contributed by atoms with Crippen LogP contribution in [-0.4, -0.2) is 9.97 Å². The molecule has 0 radical (unpaired) electrons. The first-order valence-electron chi connectivity index (χ1n) is 7.02. The molecule has 2 aromatic carbocycles.